The molecule has 0 aliphatic carbocycles. The zero-order valence-electron chi connectivity index (χ0n) is 14.1. The number of hydrogen-bond acceptors (Lipinski definition) is 2. The second kappa shape index (κ2) is 10.8. The number of hydrogen-bond donors (Lipinski definition) is 0. The molecule has 0 saturated carbocycles. The lowest BCUT2D eigenvalue weighted by molar-refractivity contribution is -0.358. The van der Waals surface area contributed by atoms with Crippen LogP contribution in [0, 0.1) is 0 Å². The standard InChI is InChI=1S/C19H32O2/c1-4-5-6-7-8-9-10-14-17-20-21-19(2,3)18-15-12-11-13-16-18/h11-13,15-16H,4-10,14,17H2,1-3H3. The zero-order valence-corrected chi connectivity index (χ0v) is 14.1. The lowest BCUT2D eigenvalue weighted by Gasteiger charge is -2.24. The van der Waals surface area contributed by atoms with Crippen molar-refractivity contribution < 1.29 is 9.78 Å². The summed E-state index contributed by atoms with van der Waals surface area (Å²) in [4.78, 5) is 11.0. The van der Waals surface area contributed by atoms with Crippen molar-refractivity contribution in [2.75, 3.05) is 6.61 Å². The molecule has 0 fully saturated rings. The minimum Gasteiger partial charge on any atom is -0.236 e. The van der Waals surface area contributed by atoms with Crippen LogP contribution < -0.4 is 0 Å². The Bertz CT molecular complexity index is 346. The molecule has 0 heterocycles. The van der Waals surface area contributed by atoms with Gasteiger partial charge in [-0.2, -0.15) is 0 Å². The molecule has 21 heavy (non-hydrogen) atoms. The molecule has 0 aliphatic heterocycles. The number of unbranched alkanes of at least 4 members (excludes halogenated alkanes) is 7. The highest BCUT2D eigenvalue weighted by Crippen LogP contribution is 2.24. The highest BCUT2D eigenvalue weighted by atomic mass is 17.2. The molecular weight excluding hydrogens is 260 g/mol. The van der Waals surface area contributed by atoms with Gasteiger partial charge in [-0.05, 0) is 25.8 Å². The maximum atomic E-state index is 5.58. The monoisotopic (exact) mass is 292 g/mol. The van der Waals surface area contributed by atoms with Crippen molar-refractivity contribution in [3.05, 3.63) is 35.9 Å². The lowest BCUT2D eigenvalue weighted by atomic mass is 9.99. The third kappa shape index (κ3) is 8.23. The van der Waals surface area contributed by atoms with Gasteiger partial charge >= 0.3 is 0 Å². The molecule has 2 nitrogen and oxygen atoms in total. The van der Waals surface area contributed by atoms with Crippen LogP contribution in [0.4, 0.5) is 0 Å². The van der Waals surface area contributed by atoms with Crippen molar-refractivity contribution in [1.82, 2.24) is 0 Å². The Hall–Kier alpha value is -0.860. The summed E-state index contributed by atoms with van der Waals surface area (Å²) in [5.74, 6) is 0. The predicted octanol–water partition coefficient (Wildman–Crippen LogP) is 6.01. The van der Waals surface area contributed by atoms with E-state index in [2.05, 4.69) is 19.1 Å². The van der Waals surface area contributed by atoms with Gasteiger partial charge in [-0.25, -0.2) is 9.78 Å². The molecule has 0 atom stereocenters. The van der Waals surface area contributed by atoms with Crippen molar-refractivity contribution in [3.63, 3.8) is 0 Å². The quantitative estimate of drug-likeness (QED) is 0.267. The molecule has 1 rings (SSSR count). The summed E-state index contributed by atoms with van der Waals surface area (Å²) < 4.78 is 0. The van der Waals surface area contributed by atoms with Crippen LogP contribution in [0.5, 0.6) is 0 Å². The average Bonchev–Trinajstić information content (AvgIpc) is 2.50. The number of benzene rings is 1. The minimum absolute atomic E-state index is 0.387. The molecular formula is C19H32O2. The molecule has 0 radical (unpaired) electrons. The van der Waals surface area contributed by atoms with E-state index in [1.807, 2.05) is 32.0 Å². The van der Waals surface area contributed by atoms with E-state index in [1.54, 1.807) is 0 Å². The molecule has 0 unspecified atom stereocenters. The molecule has 0 bridgehead atoms. The van der Waals surface area contributed by atoms with Crippen molar-refractivity contribution in [2.24, 2.45) is 0 Å². The first kappa shape index (κ1) is 18.2. The summed E-state index contributed by atoms with van der Waals surface area (Å²) >= 11 is 0. The molecule has 0 spiro atoms. The first-order chi connectivity index (χ1) is 10.2. The largest absolute Gasteiger partial charge is 0.236 e. The molecule has 0 amide bonds. The van der Waals surface area contributed by atoms with Gasteiger partial charge < -0.3 is 0 Å². The molecule has 0 saturated heterocycles. The smallest absolute Gasteiger partial charge is 0.123 e. The Balaban J connectivity index is 2.01. The third-order valence-electron chi connectivity index (χ3n) is 3.82. The van der Waals surface area contributed by atoms with Crippen LogP contribution in [-0.4, -0.2) is 6.61 Å². The predicted molar refractivity (Wildman–Crippen MR) is 89.1 cm³/mol. The van der Waals surface area contributed by atoms with Gasteiger partial charge in [0.2, 0.25) is 0 Å². The normalized spacial score (nSPS) is 11.8. The lowest BCUT2D eigenvalue weighted by Crippen LogP contribution is -2.22. The van der Waals surface area contributed by atoms with Gasteiger partial charge in [-0.3, -0.25) is 0 Å². The summed E-state index contributed by atoms with van der Waals surface area (Å²) in [5, 5.41) is 0. The first-order valence-electron chi connectivity index (χ1n) is 8.53. The van der Waals surface area contributed by atoms with Gasteiger partial charge in [0.1, 0.15) is 5.60 Å². The molecule has 120 valence electrons. The van der Waals surface area contributed by atoms with Crippen LogP contribution in [0.3, 0.4) is 0 Å². The maximum Gasteiger partial charge on any atom is 0.123 e. The molecule has 0 aromatic heterocycles. The van der Waals surface area contributed by atoms with Crippen molar-refractivity contribution in [2.45, 2.75) is 77.7 Å². The summed E-state index contributed by atoms with van der Waals surface area (Å²) in [6.07, 6.45) is 10.5. The Kier molecular flexibility index (Phi) is 9.36. The third-order valence-corrected chi connectivity index (χ3v) is 3.82. The van der Waals surface area contributed by atoms with Gasteiger partial charge in [0, 0.05) is 0 Å². The van der Waals surface area contributed by atoms with Crippen molar-refractivity contribution >= 4 is 0 Å². The van der Waals surface area contributed by atoms with Crippen LogP contribution in [0.25, 0.3) is 0 Å². The van der Waals surface area contributed by atoms with Gasteiger partial charge in [-0.15, -0.1) is 0 Å². The van der Waals surface area contributed by atoms with E-state index in [0.717, 1.165) is 12.0 Å². The minimum atomic E-state index is -0.387. The van der Waals surface area contributed by atoms with Crippen LogP contribution in [-0.2, 0) is 15.4 Å². The van der Waals surface area contributed by atoms with E-state index in [1.165, 1.54) is 44.9 Å². The van der Waals surface area contributed by atoms with Crippen LogP contribution in [0.15, 0.2) is 30.3 Å². The van der Waals surface area contributed by atoms with Crippen molar-refractivity contribution in [3.8, 4) is 0 Å². The van der Waals surface area contributed by atoms with E-state index in [0.29, 0.717) is 6.61 Å². The topological polar surface area (TPSA) is 18.5 Å². The molecule has 2 heteroatoms. The molecule has 1 aromatic carbocycles. The average molecular weight is 292 g/mol. The fourth-order valence-corrected chi connectivity index (χ4v) is 2.37. The summed E-state index contributed by atoms with van der Waals surface area (Å²) in [6.45, 7) is 7.02. The van der Waals surface area contributed by atoms with Crippen LogP contribution in [0.1, 0.15) is 77.7 Å². The fourth-order valence-electron chi connectivity index (χ4n) is 2.37. The second-order valence-corrected chi connectivity index (χ2v) is 6.26. The number of rotatable bonds is 12. The highest BCUT2D eigenvalue weighted by Gasteiger charge is 2.22. The Morgan fingerprint density at radius 3 is 2.00 bits per heavy atom. The summed E-state index contributed by atoms with van der Waals surface area (Å²) in [6, 6.07) is 10.2. The second-order valence-electron chi connectivity index (χ2n) is 6.26. The van der Waals surface area contributed by atoms with Crippen LogP contribution >= 0.6 is 0 Å². The van der Waals surface area contributed by atoms with E-state index >= 15 is 0 Å². The molecule has 0 N–H and O–H groups in total. The summed E-state index contributed by atoms with van der Waals surface area (Å²) in [7, 11) is 0. The Morgan fingerprint density at radius 2 is 1.38 bits per heavy atom. The van der Waals surface area contributed by atoms with Gasteiger partial charge in [0.25, 0.3) is 0 Å². The SMILES string of the molecule is CCCCCCCCCCOOC(C)(C)c1ccccc1. The van der Waals surface area contributed by atoms with E-state index in [4.69, 9.17) is 9.78 Å². The van der Waals surface area contributed by atoms with E-state index in [-0.39, 0.29) is 5.60 Å². The van der Waals surface area contributed by atoms with Crippen molar-refractivity contribution in [1.29, 1.82) is 0 Å². The van der Waals surface area contributed by atoms with E-state index in [9.17, 15) is 0 Å². The summed E-state index contributed by atoms with van der Waals surface area (Å²) in [5.41, 5.74) is 0.752. The van der Waals surface area contributed by atoms with Gasteiger partial charge in [0.15, 0.2) is 0 Å². The maximum absolute atomic E-state index is 5.58. The molecule has 1 aromatic rings. The van der Waals surface area contributed by atoms with Gasteiger partial charge in [-0.1, -0.05) is 82.2 Å². The van der Waals surface area contributed by atoms with E-state index < -0.39 is 0 Å². The molecule has 0 aliphatic rings. The van der Waals surface area contributed by atoms with Crippen LogP contribution in [0.2, 0.25) is 0 Å². The first-order valence-corrected chi connectivity index (χ1v) is 8.53. The zero-order chi connectivity index (χ0) is 15.4. The Labute approximate surface area is 130 Å². The Morgan fingerprint density at radius 1 is 0.810 bits per heavy atom. The highest BCUT2D eigenvalue weighted by molar-refractivity contribution is 5.20. The fraction of sp³-hybridized carbons (Fsp3) is 0.684. The van der Waals surface area contributed by atoms with Gasteiger partial charge in [0.05, 0.1) is 6.61 Å².